The summed E-state index contributed by atoms with van der Waals surface area (Å²) in [5, 5.41) is 3.31. The van der Waals surface area contributed by atoms with Crippen molar-refractivity contribution < 1.29 is 4.42 Å². The number of rotatable bonds is 7. The van der Waals surface area contributed by atoms with Crippen molar-refractivity contribution >= 4 is 5.69 Å². The highest BCUT2D eigenvalue weighted by Crippen LogP contribution is 2.19. The van der Waals surface area contributed by atoms with Gasteiger partial charge in [0.15, 0.2) is 0 Å². The molecule has 1 aromatic heterocycles. The maximum atomic E-state index is 5.66. The second-order valence-corrected chi connectivity index (χ2v) is 5.05. The average Bonchev–Trinajstić information content (AvgIpc) is 2.91. The summed E-state index contributed by atoms with van der Waals surface area (Å²) in [6.07, 6.45) is 1.85. The molecule has 0 aliphatic rings. The highest BCUT2D eigenvalue weighted by Gasteiger charge is 2.08. The molecule has 20 heavy (non-hydrogen) atoms. The lowest BCUT2D eigenvalue weighted by atomic mass is 10.2. The first kappa shape index (κ1) is 14.7. The van der Waals surface area contributed by atoms with Crippen molar-refractivity contribution in [1.29, 1.82) is 0 Å². The van der Waals surface area contributed by atoms with Gasteiger partial charge in [0.2, 0.25) is 0 Å². The van der Waals surface area contributed by atoms with Crippen molar-refractivity contribution in [2.45, 2.75) is 33.9 Å². The van der Waals surface area contributed by atoms with Gasteiger partial charge in [0, 0.05) is 24.3 Å². The first-order valence-electron chi connectivity index (χ1n) is 7.31. The summed E-state index contributed by atoms with van der Waals surface area (Å²) in [6, 6.07) is 10.8. The van der Waals surface area contributed by atoms with E-state index >= 15 is 0 Å². The van der Waals surface area contributed by atoms with E-state index in [1.807, 2.05) is 6.26 Å². The van der Waals surface area contributed by atoms with Gasteiger partial charge in [-0.15, -0.1) is 0 Å². The van der Waals surface area contributed by atoms with Crippen LogP contribution in [0.2, 0.25) is 0 Å². The zero-order valence-electron chi connectivity index (χ0n) is 12.6. The molecule has 1 aromatic carbocycles. The Labute approximate surface area is 121 Å². The minimum absolute atomic E-state index is 0.811. The minimum Gasteiger partial charge on any atom is -0.467 e. The largest absolute Gasteiger partial charge is 0.467 e. The van der Waals surface area contributed by atoms with Crippen LogP contribution in [0.5, 0.6) is 0 Å². The quantitative estimate of drug-likeness (QED) is 0.832. The Morgan fingerprint density at radius 2 is 1.90 bits per heavy atom. The predicted molar refractivity (Wildman–Crippen MR) is 84.0 cm³/mol. The fourth-order valence-electron chi connectivity index (χ4n) is 2.20. The van der Waals surface area contributed by atoms with E-state index in [1.165, 1.54) is 16.8 Å². The fraction of sp³-hybridized carbons (Fsp3) is 0.412. The second kappa shape index (κ2) is 7.15. The summed E-state index contributed by atoms with van der Waals surface area (Å²) in [4.78, 5) is 2.31. The van der Waals surface area contributed by atoms with Gasteiger partial charge >= 0.3 is 0 Å². The van der Waals surface area contributed by atoms with E-state index in [1.54, 1.807) is 0 Å². The topological polar surface area (TPSA) is 28.4 Å². The lowest BCUT2D eigenvalue weighted by molar-refractivity contribution is 0.501. The number of hydrogen-bond donors (Lipinski definition) is 1. The normalized spacial score (nSPS) is 10.8. The Bertz CT molecular complexity index is 516. The summed E-state index contributed by atoms with van der Waals surface area (Å²) in [6.45, 7) is 10.0. The molecule has 3 nitrogen and oxygen atoms in total. The van der Waals surface area contributed by atoms with Gasteiger partial charge in [-0.1, -0.05) is 24.6 Å². The van der Waals surface area contributed by atoms with Crippen LogP contribution < -0.4 is 10.2 Å². The van der Waals surface area contributed by atoms with Crippen LogP contribution in [-0.2, 0) is 13.1 Å². The van der Waals surface area contributed by atoms with Crippen LogP contribution in [0.4, 0.5) is 5.69 Å². The lowest BCUT2D eigenvalue weighted by Crippen LogP contribution is -2.21. The molecule has 0 saturated carbocycles. The molecular weight excluding hydrogens is 248 g/mol. The van der Waals surface area contributed by atoms with E-state index in [2.05, 4.69) is 61.3 Å². The smallest absolute Gasteiger partial charge is 0.123 e. The van der Waals surface area contributed by atoms with Crippen LogP contribution >= 0.6 is 0 Å². The number of benzene rings is 1. The maximum Gasteiger partial charge on any atom is 0.123 e. The van der Waals surface area contributed by atoms with Gasteiger partial charge in [-0.05, 0) is 38.6 Å². The van der Waals surface area contributed by atoms with E-state index in [-0.39, 0.29) is 0 Å². The van der Waals surface area contributed by atoms with E-state index < -0.39 is 0 Å². The molecule has 0 saturated heterocycles. The van der Waals surface area contributed by atoms with Gasteiger partial charge in [-0.2, -0.15) is 0 Å². The van der Waals surface area contributed by atoms with E-state index in [0.717, 1.165) is 31.9 Å². The first-order chi connectivity index (χ1) is 9.72. The summed E-state index contributed by atoms with van der Waals surface area (Å²) in [5.74, 6) is 1.01. The van der Waals surface area contributed by atoms with Crippen molar-refractivity contribution in [2.75, 3.05) is 18.0 Å². The van der Waals surface area contributed by atoms with Gasteiger partial charge in [0.1, 0.15) is 5.76 Å². The third-order valence-electron chi connectivity index (χ3n) is 3.41. The Kier molecular flexibility index (Phi) is 5.24. The van der Waals surface area contributed by atoms with Crippen LogP contribution in [0, 0.1) is 6.92 Å². The average molecular weight is 272 g/mol. The van der Waals surface area contributed by atoms with Gasteiger partial charge < -0.3 is 14.6 Å². The summed E-state index contributed by atoms with van der Waals surface area (Å²) >= 11 is 0. The SMILES string of the molecule is CCNCc1coc(CN(CC)c2ccc(C)cc2)c1. The van der Waals surface area contributed by atoms with Crippen molar-refractivity contribution in [3.63, 3.8) is 0 Å². The van der Waals surface area contributed by atoms with E-state index in [0.29, 0.717) is 0 Å². The molecule has 1 N–H and O–H groups in total. The summed E-state index contributed by atoms with van der Waals surface area (Å²) < 4.78 is 5.66. The summed E-state index contributed by atoms with van der Waals surface area (Å²) in [5.41, 5.74) is 3.74. The predicted octanol–water partition coefficient (Wildman–Crippen LogP) is 3.72. The molecule has 108 valence electrons. The lowest BCUT2D eigenvalue weighted by Gasteiger charge is -2.22. The molecule has 1 heterocycles. The van der Waals surface area contributed by atoms with Crippen molar-refractivity contribution in [3.05, 3.63) is 53.5 Å². The molecule has 0 atom stereocenters. The molecule has 0 amide bonds. The number of furan rings is 1. The molecule has 0 radical (unpaired) electrons. The molecule has 0 bridgehead atoms. The monoisotopic (exact) mass is 272 g/mol. The molecule has 0 unspecified atom stereocenters. The molecule has 2 rings (SSSR count). The van der Waals surface area contributed by atoms with E-state index in [4.69, 9.17) is 4.42 Å². The maximum absolute atomic E-state index is 5.66. The highest BCUT2D eigenvalue weighted by atomic mass is 16.3. The van der Waals surface area contributed by atoms with E-state index in [9.17, 15) is 0 Å². The molecule has 0 spiro atoms. The Hall–Kier alpha value is -1.74. The van der Waals surface area contributed by atoms with Crippen molar-refractivity contribution in [1.82, 2.24) is 5.32 Å². The standard InChI is InChI=1S/C17H24N2O/c1-4-18-11-15-10-17(20-13-15)12-19(5-2)16-8-6-14(3)7-9-16/h6-10,13,18H,4-5,11-12H2,1-3H3. The zero-order valence-corrected chi connectivity index (χ0v) is 12.6. The van der Waals surface area contributed by atoms with Crippen molar-refractivity contribution in [2.24, 2.45) is 0 Å². The number of anilines is 1. The summed E-state index contributed by atoms with van der Waals surface area (Å²) in [7, 11) is 0. The second-order valence-electron chi connectivity index (χ2n) is 5.05. The van der Waals surface area contributed by atoms with Crippen LogP contribution in [0.15, 0.2) is 41.0 Å². The number of hydrogen-bond acceptors (Lipinski definition) is 3. The van der Waals surface area contributed by atoms with Crippen LogP contribution in [-0.4, -0.2) is 13.1 Å². The van der Waals surface area contributed by atoms with Crippen molar-refractivity contribution in [3.8, 4) is 0 Å². The van der Waals surface area contributed by atoms with Gasteiger partial charge in [-0.3, -0.25) is 0 Å². The van der Waals surface area contributed by atoms with Gasteiger partial charge in [-0.25, -0.2) is 0 Å². The van der Waals surface area contributed by atoms with Crippen LogP contribution in [0.1, 0.15) is 30.7 Å². The Morgan fingerprint density at radius 1 is 1.15 bits per heavy atom. The molecule has 2 aromatic rings. The zero-order chi connectivity index (χ0) is 14.4. The van der Waals surface area contributed by atoms with Gasteiger partial charge in [0.05, 0.1) is 12.8 Å². The number of nitrogens with zero attached hydrogens (tertiary/aromatic N) is 1. The fourth-order valence-corrected chi connectivity index (χ4v) is 2.20. The minimum atomic E-state index is 0.811. The number of nitrogens with one attached hydrogen (secondary N) is 1. The molecular formula is C17H24N2O. The Balaban J connectivity index is 2.02. The van der Waals surface area contributed by atoms with Crippen LogP contribution in [0.25, 0.3) is 0 Å². The molecule has 0 fully saturated rings. The Morgan fingerprint density at radius 3 is 2.55 bits per heavy atom. The molecule has 3 heteroatoms. The molecule has 0 aliphatic heterocycles. The number of aryl methyl sites for hydroxylation is 1. The highest BCUT2D eigenvalue weighted by molar-refractivity contribution is 5.47. The first-order valence-corrected chi connectivity index (χ1v) is 7.31. The third-order valence-corrected chi connectivity index (χ3v) is 3.41. The van der Waals surface area contributed by atoms with Gasteiger partial charge in [0.25, 0.3) is 0 Å². The third kappa shape index (κ3) is 3.87. The molecule has 0 aliphatic carbocycles. The van der Waals surface area contributed by atoms with Crippen LogP contribution in [0.3, 0.4) is 0 Å².